The fourth-order valence-corrected chi connectivity index (χ4v) is 2.86. The van der Waals surface area contributed by atoms with E-state index in [1.54, 1.807) is 17.5 Å². The Morgan fingerprint density at radius 3 is 2.89 bits per heavy atom. The Hall–Kier alpha value is -1.40. The van der Waals surface area contributed by atoms with Crippen LogP contribution < -0.4 is 10.6 Å². The van der Waals surface area contributed by atoms with E-state index in [0.717, 1.165) is 19.4 Å². The van der Waals surface area contributed by atoms with Gasteiger partial charge in [0.2, 0.25) is 5.91 Å². The number of hydrogen-bond acceptors (Lipinski definition) is 4. The number of carbonyl (C=O) groups is 2. The van der Waals surface area contributed by atoms with Crippen LogP contribution in [0.5, 0.6) is 0 Å². The first kappa shape index (κ1) is 13.0. The van der Waals surface area contributed by atoms with Crippen molar-refractivity contribution in [3.8, 4) is 0 Å². The van der Waals surface area contributed by atoms with E-state index >= 15 is 0 Å². The van der Waals surface area contributed by atoms with Gasteiger partial charge < -0.3 is 15.7 Å². The van der Waals surface area contributed by atoms with Gasteiger partial charge in [0.1, 0.15) is 0 Å². The van der Waals surface area contributed by atoms with E-state index in [2.05, 4.69) is 10.6 Å². The smallest absolute Gasteiger partial charge is 0.331 e. The maximum atomic E-state index is 12.1. The van der Waals surface area contributed by atoms with Gasteiger partial charge in [0.05, 0.1) is 5.54 Å². The average molecular weight is 268 g/mol. The fraction of sp³-hybridized carbons (Fsp3) is 0.500. The lowest BCUT2D eigenvalue weighted by Gasteiger charge is -2.25. The standard InChI is InChI=1S/C12H16N2O3S/c1-12(5-3-6-13-12)11(17)14-9(10(15)16)8-4-2-7-18-8/h2,4,7,9,13H,3,5-6H2,1H3,(H,14,17)(H,15,16). The lowest BCUT2D eigenvalue weighted by molar-refractivity contribution is -0.142. The number of aliphatic carboxylic acids is 1. The number of carbonyl (C=O) groups excluding carboxylic acids is 1. The Bertz CT molecular complexity index is 438. The largest absolute Gasteiger partial charge is 0.479 e. The number of amides is 1. The van der Waals surface area contributed by atoms with Crippen LogP contribution in [0.1, 0.15) is 30.7 Å². The molecule has 2 unspecified atom stereocenters. The lowest BCUT2D eigenvalue weighted by Crippen LogP contribution is -2.52. The van der Waals surface area contributed by atoms with Crippen LogP contribution in [0, 0.1) is 0 Å². The van der Waals surface area contributed by atoms with Crippen LogP contribution in [0.4, 0.5) is 0 Å². The number of rotatable bonds is 4. The summed E-state index contributed by atoms with van der Waals surface area (Å²) in [6.45, 7) is 2.60. The van der Waals surface area contributed by atoms with E-state index in [-0.39, 0.29) is 5.91 Å². The number of thiophene rings is 1. The zero-order valence-corrected chi connectivity index (χ0v) is 10.9. The molecule has 1 fully saturated rings. The Balaban J connectivity index is 2.10. The Morgan fingerprint density at radius 1 is 1.61 bits per heavy atom. The highest BCUT2D eigenvalue weighted by molar-refractivity contribution is 7.10. The third kappa shape index (κ3) is 2.54. The van der Waals surface area contributed by atoms with Crippen LogP contribution in [0.3, 0.4) is 0 Å². The molecule has 18 heavy (non-hydrogen) atoms. The summed E-state index contributed by atoms with van der Waals surface area (Å²) in [5.41, 5.74) is -0.648. The van der Waals surface area contributed by atoms with Crippen molar-refractivity contribution in [3.05, 3.63) is 22.4 Å². The zero-order chi connectivity index (χ0) is 13.2. The fourth-order valence-electron chi connectivity index (χ4n) is 2.09. The minimum absolute atomic E-state index is 0.249. The summed E-state index contributed by atoms with van der Waals surface area (Å²) in [4.78, 5) is 24.0. The second-order valence-corrected chi connectivity index (χ2v) is 5.60. The van der Waals surface area contributed by atoms with Gasteiger partial charge in [-0.05, 0) is 37.8 Å². The van der Waals surface area contributed by atoms with Crippen molar-refractivity contribution in [2.75, 3.05) is 6.54 Å². The third-order valence-electron chi connectivity index (χ3n) is 3.22. The van der Waals surface area contributed by atoms with Crippen LogP contribution >= 0.6 is 11.3 Å². The van der Waals surface area contributed by atoms with E-state index in [0.29, 0.717) is 4.88 Å². The molecule has 0 saturated carbocycles. The molecule has 1 saturated heterocycles. The van der Waals surface area contributed by atoms with Gasteiger partial charge >= 0.3 is 5.97 Å². The van der Waals surface area contributed by atoms with Gasteiger partial charge in [0, 0.05) is 4.88 Å². The highest BCUT2D eigenvalue weighted by Crippen LogP contribution is 2.23. The molecular formula is C12H16N2O3S. The molecule has 0 bridgehead atoms. The molecule has 1 aromatic heterocycles. The lowest BCUT2D eigenvalue weighted by atomic mass is 9.99. The molecule has 2 rings (SSSR count). The summed E-state index contributed by atoms with van der Waals surface area (Å²) in [5, 5.41) is 16.7. The van der Waals surface area contributed by atoms with Crippen LogP contribution in [-0.4, -0.2) is 29.1 Å². The summed E-state index contributed by atoms with van der Waals surface area (Å²) < 4.78 is 0. The first-order valence-corrected chi connectivity index (χ1v) is 6.73. The van der Waals surface area contributed by atoms with Gasteiger partial charge in [-0.25, -0.2) is 4.79 Å². The molecule has 1 aliphatic rings. The van der Waals surface area contributed by atoms with E-state index in [4.69, 9.17) is 0 Å². The normalized spacial score (nSPS) is 24.7. The Kier molecular flexibility index (Phi) is 3.68. The minimum Gasteiger partial charge on any atom is -0.479 e. The maximum absolute atomic E-state index is 12.1. The van der Waals surface area contributed by atoms with E-state index in [9.17, 15) is 14.7 Å². The molecule has 5 nitrogen and oxygen atoms in total. The maximum Gasteiger partial charge on any atom is 0.331 e. The summed E-state index contributed by atoms with van der Waals surface area (Å²) in [6, 6.07) is 2.53. The molecule has 0 spiro atoms. The van der Waals surface area contributed by atoms with Crippen molar-refractivity contribution in [1.29, 1.82) is 0 Å². The summed E-state index contributed by atoms with van der Waals surface area (Å²) >= 11 is 1.33. The van der Waals surface area contributed by atoms with Crippen LogP contribution in [0.15, 0.2) is 17.5 Å². The second kappa shape index (κ2) is 5.07. The molecule has 0 aliphatic carbocycles. The number of carboxylic acid groups (broad SMARTS) is 1. The van der Waals surface area contributed by atoms with Crippen molar-refractivity contribution in [2.24, 2.45) is 0 Å². The summed E-state index contributed by atoms with van der Waals surface area (Å²) in [7, 11) is 0. The third-order valence-corrected chi connectivity index (χ3v) is 4.16. The molecule has 0 radical (unpaired) electrons. The average Bonchev–Trinajstić information content (AvgIpc) is 2.96. The van der Waals surface area contributed by atoms with Crippen molar-refractivity contribution in [3.63, 3.8) is 0 Å². The molecule has 2 heterocycles. The quantitative estimate of drug-likeness (QED) is 0.765. The molecule has 3 N–H and O–H groups in total. The molecule has 1 amide bonds. The van der Waals surface area contributed by atoms with Gasteiger partial charge in [-0.2, -0.15) is 0 Å². The minimum atomic E-state index is -1.03. The van der Waals surface area contributed by atoms with Crippen molar-refractivity contribution >= 4 is 23.2 Å². The van der Waals surface area contributed by atoms with Crippen molar-refractivity contribution in [2.45, 2.75) is 31.3 Å². The van der Waals surface area contributed by atoms with Crippen LogP contribution in [-0.2, 0) is 9.59 Å². The Morgan fingerprint density at radius 2 is 2.39 bits per heavy atom. The topological polar surface area (TPSA) is 78.4 Å². The van der Waals surface area contributed by atoms with E-state index < -0.39 is 17.6 Å². The highest BCUT2D eigenvalue weighted by atomic mass is 32.1. The molecule has 1 aromatic rings. The second-order valence-electron chi connectivity index (χ2n) is 4.62. The molecule has 98 valence electrons. The van der Waals surface area contributed by atoms with Gasteiger partial charge in [-0.1, -0.05) is 6.07 Å². The SMILES string of the molecule is CC1(C(=O)NC(C(=O)O)c2cccs2)CCCN1. The van der Waals surface area contributed by atoms with Crippen molar-refractivity contribution in [1.82, 2.24) is 10.6 Å². The number of nitrogens with one attached hydrogen (secondary N) is 2. The molecule has 1 aliphatic heterocycles. The predicted molar refractivity (Wildman–Crippen MR) is 68.5 cm³/mol. The molecule has 2 atom stereocenters. The van der Waals surface area contributed by atoms with E-state index in [1.165, 1.54) is 11.3 Å². The number of hydrogen-bond donors (Lipinski definition) is 3. The molecule has 6 heteroatoms. The monoisotopic (exact) mass is 268 g/mol. The Labute approximate surface area is 109 Å². The molecular weight excluding hydrogens is 252 g/mol. The first-order valence-electron chi connectivity index (χ1n) is 5.85. The summed E-state index contributed by atoms with van der Waals surface area (Å²) in [6.07, 6.45) is 1.66. The first-order chi connectivity index (χ1) is 8.53. The van der Waals surface area contributed by atoms with Gasteiger partial charge in [-0.15, -0.1) is 11.3 Å². The molecule has 0 aromatic carbocycles. The highest BCUT2D eigenvalue weighted by Gasteiger charge is 2.38. The van der Waals surface area contributed by atoms with Gasteiger partial charge in [0.25, 0.3) is 0 Å². The number of carboxylic acids is 1. The van der Waals surface area contributed by atoms with Crippen molar-refractivity contribution < 1.29 is 14.7 Å². The van der Waals surface area contributed by atoms with Crippen LogP contribution in [0.2, 0.25) is 0 Å². The zero-order valence-electron chi connectivity index (χ0n) is 10.1. The van der Waals surface area contributed by atoms with Gasteiger partial charge in [0.15, 0.2) is 6.04 Å². The van der Waals surface area contributed by atoms with E-state index in [1.807, 2.05) is 6.92 Å². The summed E-state index contributed by atoms with van der Waals surface area (Å²) in [5.74, 6) is -1.28. The van der Waals surface area contributed by atoms with Gasteiger partial charge in [-0.3, -0.25) is 4.79 Å². The van der Waals surface area contributed by atoms with Crippen LogP contribution in [0.25, 0.3) is 0 Å². The predicted octanol–water partition coefficient (Wildman–Crippen LogP) is 1.13.